The number of hydrogen-bond donors (Lipinski definition) is 3. The molecule has 3 N–H and O–H groups in total. The number of fused-ring (bicyclic) bond motifs is 1. The first-order valence-electron chi connectivity index (χ1n) is 8.50. The molecule has 1 fully saturated rings. The number of carbonyl (C=O) groups is 1. The summed E-state index contributed by atoms with van der Waals surface area (Å²) in [5, 5.41) is 8.86. The quantitative estimate of drug-likeness (QED) is 0.592. The van der Waals surface area contributed by atoms with E-state index in [1.54, 1.807) is 12.3 Å². The van der Waals surface area contributed by atoms with Gasteiger partial charge in [0.2, 0.25) is 0 Å². The highest BCUT2D eigenvalue weighted by Gasteiger charge is 2.21. The van der Waals surface area contributed by atoms with E-state index in [0.717, 1.165) is 30.0 Å². The summed E-state index contributed by atoms with van der Waals surface area (Å²) >= 11 is 0. The number of pyridine rings is 2. The maximum absolute atomic E-state index is 10.8. The number of anilines is 2. The SMILES string of the molecule is Cn1c(-c2ccccn2)nc2c(N3CCOCC3)cc(NNC(=O)O)nc21. The van der Waals surface area contributed by atoms with Crippen molar-refractivity contribution in [3.05, 3.63) is 30.5 Å². The normalized spacial score (nSPS) is 14.3. The molecular formula is C17H19N7O3. The van der Waals surface area contributed by atoms with Crippen molar-refractivity contribution in [2.45, 2.75) is 0 Å². The fourth-order valence-corrected chi connectivity index (χ4v) is 3.09. The van der Waals surface area contributed by atoms with Gasteiger partial charge in [0.05, 0.1) is 18.9 Å². The van der Waals surface area contributed by atoms with Gasteiger partial charge in [-0.15, -0.1) is 0 Å². The number of rotatable bonds is 4. The van der Waals surface area contributed by atoms with Crippen molar-refractivity contribution in [1.29, 1.82) is 0 Å². The zero-order valence-electron chi connectivity index (χ0n) is 14.7. The summed E-state index contributed by atoms with van der Waals surface area (Å²) in [6.45, 7) is 2.70. The Morgan fingerprint density at radius 3 is 2.78 bits per heavy atom. The van der Waals surface area contributed by atoms with E-state index in [9.17, 15) is 4.79 Å². The number of amides is 1. The molecule has 4 heterocycles. The molecule has 0 atom stereocenters. The number of imidazole rings is 1. The van der Waals surface area contributed by atoms with Crippen LogP contribution < -0.4 is 15.8 Å². The smallest absolute Gasteiger partial charge is 0.423 e. The van der Waals surface area contributed by atoms with Gasteiger partial charge < -0.3 is 19.3 Å². The van der Waals surface area contributed by atoms with Crippen LogP contribution in [0.25, 0.3) is 22.7 Å². The first-order chi connectivity index (χ1) is 13.1. The van der Waals surface area contributed by atoms with Gasteiger partial charge in [-0.05, 0) is 12.1 Å². The molecule has 0 unspecified atom stereocenters. The van der Waals surface area contributed by atoms with Crippen LogP contribution in [-0.4, -0.2) is 57.0 Å². The minimum absolute atomic E-state index is 0.391. The van der Waals surface area contributed by atoms with E-state index in [1.807, 2.05) is 29.8 Å². The molecule has 0 bridgehead atoms. The molecule has 1 aliphatic rings. The molecule has 10 nitrogen and oxygen atoms in total. The summed E-state index contributed by atoms with van der Waals surface area (Å²) in [5.41, 5.74) is 7.73. The van der Waals surface area contributed by atoms with Gasteiger partial charge in [0.1, 0.15) is 17.0 Å². The largest absolute Gasteiger partial charge is 0.464 e. The van der Waals surface area contributed by atoms with Crippen LogP contribution in [-0.2, 0) is 11.8 Å². The van der Waals surface area contributed by atoms with Crippen LogP contribution in [0.3, 0.4) is 0 Å². The number of morpholine rings is 1. The van der Waals surface area contributed by atoms with Crippen molar-refractivity contribution in [3.63, 3.8) is 0 Å². The van der Waals surface area contributed by atoms with Crippen molar-refractivity contribution in [2.75, 3.05) is 36.6 Å². The summed E-state index contributed by atoms with van der Waals surface area (Å²) in [5.74, 6) is 1.08. The molecule has 0 aliphatic carbocycles. The molecule has 27 heavy (non-hydrogen) atoms. The van der Waals surface area contributed by atoms with Crippen molar-refractivity contribution < 1.29 is 14.6 Å². The molecule has 1 aliphatic heterocycles. The lowest BCUT2D eigenvalue weighted by atomic mass is 10.3. The van der Waals surface area contributed by atoms with Gasteiger partial charge in [0, 0.05) is 32.4 Å². The zero-order valence-corrected chi connectivity index (χ0v) is 14.7. The molecule has 0 spiro atoms. The Kier molecular flexibility index (Phi) is 4.47. The summed E-state index contributed by atoms with van der Waals surface area (Å²) in [6.07, 6.45) is 0.526. The Morgan fingerprint density at radius 2 is 2.07 bits per heavy atom. The van der Waals surface area contributed by atoms with Crippen molar-refractivity contribution >= 4 is 28.8 Å². The van der Waals surface area contributed by atoms with Gasteiger partial charge >= 0.3 is 6.09 Å². The fourth-order valence-electron chi connectivity index (χ4n) is 3.09. The second-order valence-electron chi connectivity index (χ2n) is 6.06. The lowest BCUT2D eigenvalue weighted by molar-refractivity contribution is 0.123. The van der Waals surface area contributed by atoms with E-state index in [1.165, 1.54) is 0 Å². The molecule has 10 heteroatoms. The van der Waals surface area contributed by atoms with Crippen LogP contribution in [0.1, 0.15) is 0 Å². The monoisotopic (exact) mass is 369 g/mol. The third kappa shape index (κ3) is 3.34. The first-order valence-corrected chi connectivity index (χ1v) is 8.50. The van der Waals surface area contributed by atoms with E-state index in [0.29, 0.717) is 30.5 Å². The topological polar surface area (TPSA) is 117 Å². The third-order valence-electron chi connectivity index (χ3n) is 4.35. The van der Waals surface area contributed by atoms with Crippen LogP contribution >= 0.6 is 0 Å². The number of ether oxygens (including phenoxy) is 1. The van der Waals surface area contributed by atoms with E-state index in [4.69, 9.17) is 14.8 Å². The third-order valence-corrected chi connectivity index (χ3v) is 4.35. The molecule has 1 saturated heterocycles. The van der Waals surface area contributed by atoms with Gasteiger partial charge in [0.25, 0.3) is 0 Å². The van der Waals surface area contributed by atoms with Crippen molar-refractivity contribution in [2.24, 2.45) is 7.05 Å². The summed E-state index contributed by atoms with van der Waals surface area (Å²) in [6, 6.07) is 7.44. The minimum Gasteiger partial charge on any atom is -0.464 e. The Labute approximate surface area is 154 Å². The zero-order chi connectivity index (χ0) is 18.8. The predicted molar refractivity (Wildman–Crippen MR) is 99.6 cm³/mol. The van der Waals surface area contributed by atoms with E-state index < -0.39 is 6.09 Å². The Hall–Kier alpha value is -3.40. The summed E-state index contributed by atoms with van der Waals surface area (Å²) in [7, 11) is 1.86. The molecule has 1 amide bonds. The van der Waals surface area contributed by atoms with Crippen LogP contribution in [0.2, 0.25) is 0 Å². The highest BCUT2D eigenvalue weighted by molar-refractivity contribution is 5.91. The van der Waals surface area contributed by atoms with Crippen LogP contribution in [0.15, 0.2) is 30.5 Å². The number of carboxylic acid groups (broad SMARTS) is 1. The van der Waals surface area contributed by atoms with Gasteiger partial charge in [-0.2, -0.15) is 0 Å². The highest BCUT2D eigenvalue weighted by Crippen LogP contribution is 2.31. The van der Waals surface area contributed by atoms with Crippen LogP contribution in [0.5, 0.6) is 0 Å². The number of nitrogens with zero attached hydrogens (tertiary/aromatic N) is 5. The van der Waals surface area contributed by atoms with Gasteiger partial charge in [-0.3, -0.25) is 10.4 Å². The molecule has 140 valence electrons. The van der Waals surface area contributed by atoms with Crippen LogP contribution in [0, 0.1) is 0 Å². The highest BCUT2D eigenvalue weighted by atomic mass is 16.5. The van der Waals surface area contributed by atoms with E-state index in [2.05, 4.69) is 25.7 Å². The maximum atomic E-state index is 10.8. The molecular weight excluding hydrogens is 350 g/mol. The second kappa shape index (κ2) is 7.08. The minimum atomic E-state index is -1.19. The average molecular weight is 369 g/mol. The Balaban J connectivity index is 1.85. The predicted octanol–water partition coefficient (Wildman–Crippen LogP) is 1.46. The van der Waals surface area contributed by atoms with Crippen molar-refractivity contribution in [1.82, 2.24) is 24.9 Å². The second-order valence-corrected chi connectivity index (χ2v) is 6.06. The number of aryl methyl sites for hydroxylation is 1. The fraction of sp³-hybridized carbons (Fsp3) is 0.294. The molecule has 3 aromatic heterocycles. The lowest BCUT2D eigenvalue weighted by Gasteiger charge is -2.29. The number of aromatic nitrogens is 4. The van der Waals surface area contributed by atoms with Gasteiger partial charge in [-0.25, -0.2) is 20.2 Å². The standard InChI is InChI=1S/C17H19N7O3/c1-23-15(11-4-2-3-5-18-11)20-14-12(24-6-8-27-9-7-24)10-13(19-16(14)23)21-22-17(25)26/h2-5,10,22H,6-9H2,1H3,(H,19,21)(H,25,26). The number of hydrazine groups is 1. The van der Waals surface area contributed by atoms with E-state index in [-0.39, 0.29) is 0 Å². The molecule has 0 radical (unpaired) electrons. The molecule has 0 saturated carbocycles. The Morgan fingerprint density at radius 1 is 1.26 bits per heavy atom. The molecule has 0 aromatic carbocycles. The van der Waals surface area contributed by atoms with E-state index >= 15 is 0 Å². The molecule has 4 rings (SSSR count). The van der Waals surface area contributed by atoms with Gasteiger partial charge in [0.15, 0.2) is 11.5 Å². The maximum Gasteiger partial charge on any atom is 0.423 e. The number of hydrogen-bond acceptors (Lipinski definition) is 7. The van der Waals surface area contributed by atoms with Crippen molar-refractivity contribution in [3.8, 4) is 11.5 Å². The Bertz CT molecular complexity index is 968. The van der Waals surface area contributed by atoms with Crippen LogP contribution in [0.4, 0.5) is 16.3 Å². The summed E-state index contributed by atoms with van der Waals surface area (Å²) < 4.78 is 7.30. The number of nitrogens with one attached hydrogen (secondary N) is 2. The summed E-state index contributed by atoms with van der Waals surface area (Å²) in [4.78, 5) is 26.7. The molecule has 3 aromatic rings. The first kappa shape index (κ1) is 17.0. The lowest BCUT2D eigenvalue weighted by Crippen LogP contribution is -2.36. The van der Waals surface area contributed by atoms with Gasteiger partial charge in [-0.1, -0.05) is 6.07 Å². The average Bonchev–Trinajstić information content (AvgIpc) is 3.04.